The summed E-state index contributed by atoms with van der Waals surface area (Å²) in [7, 11) is 0. The zero-order chi connectivity index (χ0) is 16.5. The third-order valence-electron chi connectivity index (χ3n) is 4.17. The van der Waals surface area contributed by atoms with Gasteiger partial charge in [-0.3, -0.25) is 9.69 Å². The normalized spacial score (nSPS) is 16.2. The van der Waals surface area contributed by atoms with Gasteiger partial charge in [0.1, 0.15) is 5.78 Å². The molecule has 0 spiro atoms. The molecule has 0 fully saturated rings. The molecule has 1 aliphatic carbocycles. The molecule has 0 amide bonds. The first-order valence-electron chi connectivity index (χ1n) is 8.98. The van der Waals surface area contributed by atoms with Crippen LogP contribution in [-0.2, 0) is 24.1 Å². The maximum absolute atomic E-state index is 11.2. The van der Waals surface area contributed by atoms with Crippen LogP contribution >= 0.6 is 0 Å². The molecule has 0 saturated heterocycles. The van der Waals surface area contributed by atoms with E-state index in [2.05, 4.69) is 36.9 Å². The molecule has 0 N–H and O–H groups in total. The fourth-order valence-corrected chi connectivity index (χ4v) is 3.36. The van der Waals surface area contributed by atoms with Crippen LogP contribution in [0.4, 0.5) is 0 Å². The number of hydrogen-bond donors (Lipinski definition) is 0. The molecule has 0 aromatic heterocycles. The van der Waals surface area contributed by atoms with Crippen LogP contribution in [-0.4, -0.2) is 29.8 Å². The van der Waals surface area contributed by atoms with Gasteiger partial charge in [0.25, 0.3) is 0 Å². The minimum atomic E-state index is 0.248. The van der Waals surface area contributed by atoms with E-state index < -0.39 is 0 Å². The van der Waals surface area contributed by atoms with Gasteiger partial charge in [0.15, 0.2) is 0 Å². The van der Waals surface area contributed by atoms with Crippen LogP contribution in [0.2, 0.25) is 0 Å². The average Bonchev–Trinajstić information content (AvgIpc) is 2.91. The number of rotatable bonds is 7. The Morgan fingerprint density at radius 2 is 1.68 bits per heavy atom. The number of carbonyl (C=O) groups excluding carboxylic acids is 1. The van der Waals surface area contributed by atoms with Gasteiger partial charge in [-0.25, -0.2) is 0 Å². The van der Waals surface area contributed by atoms with Crippen LogP contribution < -0.4 is 0 Å². The van der Waals surface area contributed by atoms with E-state index in [-0.39, 0.29) is 5.78 Å². The average molecular weight is 303 g/mol. The Hall–Kier alpha value is -1.15. The molecule has 0 radical (unpaired) electrons. The summed E-state index contributed by atoms with van der Waals surface area (Å²) in [6.07, 6.45) is 5.35. The van der Waals surface area contributed by atoms with Gasteiger partial charge in [0.05, 0.1) is 0 Å². The zero-order valence-electron chi connectivity index (χ0n) is 15.1. The second-order valence-corrected chi connectivity index (χ2v) is 6.08. The topological polar surface area (TPSA) is 20.3 Å². The number of nitrogens with zero attached hydrogens (tertiary/aromatic N) is 1. The lowest BCUT2D eigenvalue weighted by atomic mass is 10.0. The van der Waals surface area contributed by atoms with E-state index in [1.165, 1.54) is 49.0 Å². The van der Waals surface area contributed by atoms with Crippen LogP contribution in [0.1, 0.15) is 64.2 Å². The molecule has 2 heteroatoms. The van der Waals surface area contributed by atoms with Gasteiger partial charge in [0, 0.05) is 12.5 Å². The molecule has 2 rings (SSSR count). The Labute approximate surface area is 136 Å². The van der Waals surface area contributed by atoms with Crippen molar-refractivity contribution in [3.8, 4) is 0 Å². The van der Waals surface area contributed by atoms with Crippen molar-refractivity contribution in [1.82, 2.24) is 4.90 Å². The number of benzene rings is 1. The molecule has 2 nitrogen and oxygen atoms in total. The van der Waals surface area contributed by atoms with Crippen molar-refractivity contribution in [2.45, 2.75) is 72.8 Å². The second kappa shape index (κ2) is 9.78. The summed E-state index contributed by atoms with van der Waals surface area (Å²) in [6, 6.07) is 7.29. The van der Waals surface area contributed by atoms with E-state index in [9.17, 15) is 4.79 Å². The molecule has 0 heterocycles. The molecule has 0 saturated carbocycles. The molecule has 0 bridgehead atoms. The predicted octanol–water partition coefficient (Wildman–Crippen LogP) is 4.43. The number of fused-ring (bicyclic) bond motifs is 1. The molecule has 1 aromatic carbocycles. The summed E-state index contributed by atoms with van der Waals surface area (Å²) in [4.78, 5) is 13.9. The fourth-order valence-electron chi connectivity index (χ4n) is 3.36. The zero-order valence-corrected chi connectivity index (χ0v) is 15.1. The molecule has 0 unspecified atom stereocenters. The Morgan fingerprint density at radius 3 is 2.23 bits per heavy atom. The molecule has 22 heavy (non-hydrogen) atoms. The van der Waals surface area contributed by atoms with Crippen molar-refractivity contribution in [3.05, 3.63) is 34.9 Å². The smallest absolute Gasteiger partial charge is 0.134 e. The van der Waals surface area contributed by atoms with Crippen molar-refractivity contribution >= 4 is 5.78 Å². The SMILES string of the molecule is CC.CCCN(CCC)[C@H]1Cc2ccc(CC(C)=O)cc2C1. The monoisotopic (exact) mass is 303 g/mol. The first kappa shape index (κ1) is 18.9. The first-order chi connectivity index (χ1) is 10.6. The predicted molar refractivity (Wildman–Crippen MR) is 95.5 cm³/mol. The van der Waals surface area contributed by atoms with Crippen molar-refractivity contribution in [2.24, 2.45) is 0 Å². The molecule has 1 atom stereocenters. The molecular weight excluding hydrogens is 270 g/mol. The third kappa shape index (κ3) is 5.24. The van der Waals surface area contributed by atoms with E-state index >= 15 is 0 Å². The van der Waals surface area contributed by atoms with Gasteiger partial charge >= 0.3 is 0 Å². The number of Topliss-reactive ketones (excluding diaryl/α,β-unsaturated/α-hetero) is 1. The number of ketones is 1. The first-order valence-corrected chi connectivity index (χ1v) is 8.98. The minimum Gasteiger partial charge on any atom is -0.300 e. The highest BCUT2D eigenvalue weighted by Gasteiger charge is 2.26. The van der Waals surface area contributed by atoms with Gasteiger partial charge in [-0.1, -0.05) is 45.9 Å². The molecule has 1 aromatic rings. The van der Waals surface area contributed by atoms with Crippen molar-refractivity contribution in [1.29, 1.82) is 0 Å². The highest BCUT2D eigenvalue weighted by Crippen LogP contribution is 2.27. The van der Waals surface area contributed by atoms with Crippen molar-refractivity contribution in [3.63, 3.8) is 0 Å². The van der Waals surface area contributed by atoms with Gasteiger partial charge in [-0.15, -0.1) is 0 Å². The summed E-state index contributed by atoms with van der Waals surface area (Å²) in [5.41, 5.74) is 4.12. The lowest BCUT2D eigenvalue weighted by Crippen LogP contribution is -2.37. The Balaban J connectivity index is 0.00000116. The van der Waals surface area contributed by atoms with Crippen molar-refractivity contribution < 1.29 is 4.79 Å². The van der Waals surface area contributed by atoms with Gasteiger partial charge in [-0.2, -0.15) is 0 Å². The minimum absolute atomic E-state index is 0.248. The maximum Gasteiger partial charge on any atom is 0.134 e. The summed E-state index contributed by atoms with van der Waals surface area (Å²) in [5.74, 6) is 0.248. The second-order valence-electron chi connectivity index (χ2n) is 6.08. The van der Waals surface area contributed by atoms with E-state index in [1.54, 1.807) is 6.92 Å². The van der Waals surface area contributed by atoms with Gasteiger partial charge < -0.3 is 0 Å². The summed E-state index contributed by atoms with van der Waals surface area (Å²) in [5, 5.41) is 0. The molecule has 1 aliphatic rings. The lowest BCUT2D eigenvalue weighted by Gasteiger charge is -2.27. The third-order valence-corrected chi connectivity index (χ3v) is 4.17. The summed E-state index contributed by atoms with van der Waals surface area (Å²) < 4.78 is 0. The van der Waals surface area contributed by atoms with Crippen LogP contribution in [0.3, 0.4) is 0 Å². The molecule has 0 aliphatic heterocycles. The lowest BCUT2D eigenvalue weighted by molar-refractivity contribution is -0.116. The summed E-state index contributed by atoms with van der Waals surface area (Å²) >= 11 is 0. The van der Waals surface area contributed by atoms with E-state index in [4.69, 9.17) is 0 Å². The van der Waals surface area contributed by atoms with E-state index in [0.29, 0.717) is 12.5 Å². The van der Waals surface area contributed by atoms with Gasteiger partial charge in [-0.05, 0) is 62.4 Å². The fraction of sp³-hybridized carbons (Fsp3) is 0.650. The van der Waals surface area contributed by atoms with Crippen LogP contribution in [0.5, 0.6) is 0 Å². The van der Waals surface area contributed by atoms with Gasteiger partial charge in [0.2, 0.25) is 0 Å². The summed E-state index contributed by atoms with van der Waals surface area (Å²) in [6.45, 7) is 12.6. The Kier molecular flexibility index (Phi) is 8.40. The van der Waals surface area contributed by atoms with Crippen LogP contribution in [0.25, 0.3) is 0 Å². The highest BCUT2D eigenvalue weighted by atomic mass is 16.1. The van der Waals surface area contributed by atoms with Crippen LogP contribution in [0, 0.1) is 0 Å². The van der Waals surface area contributed by atoms with E-state index in [0.717, 1.165) is 6.42 Å². The standard InChI is InChI=1S/C18H27NO.C2H6/c1-4-8-19(9-5-2)18-12-16-7-6-15(10-14(3)20)11-17(16)13-18;1-2/h6-7,11,18H,4-5,8-10,12-13H2,1-3H3;1-2H3/t18-;/m0./s1. The molecule has 124 valence electrons. The Morgan fingerprint density at radius 1 is 1.09 bits per heavy atom. The number of carbonyl (C=O) groups is 1. The number of hydrogen-bond acceptors (Lipinski definition) is 2. The van der Waals surface area contributed by atoms with Crippen molar-refractivity contribution in [2.75, 3.05) is 13.1 Å². The van der Waals surface area contributed by atoms with Crippen LogP contribution in [0.15, 0.2) is 18.2 Å². The maximum atomic E-state index is 11.2. The highest BCUT2D eigenvalue weighted by molar-refractivity contribution is 5.78. The Bertz CT molecular complexity index is 461. The van der Waals surface area contributed by atoms with E-state index in [1.807, 2.05) is 13.8 Å². The largest absolute Gasteiger partial charge is 0.300 e. The quantitative estimate of drug-likeness (QED) is 0.742. The molecular formula is C20H33NO.